The van der Waals surface area contributed by atoms with Crippen molar-refractivity contribution in [3.05, 3.63) is 51.6 Å². The molecule has 1 aromatic heterocycles. The molecule has 82 valence electrons. The highest BCUT2D eigenvalue weighted by Gasteiger charge is 2.07. The first-order valence-corrected chi connectivity index (χ1v) is 5.21. The van der Waals surface area contributed by atoms with Crippen LogP contribution in [0.15, 0.2) is 29.3 Å². The standard InChI is InChI=1S/C13H14N2O/c1-8-4-9(2)13(10(3)5-8)11-6-12(16)15-7-14-11/h4-7H,1-3H3,(H,14,15,16). The van der Waals surface area contributed by atoms with Gasteiger partial charge in [0.25, 0.3) is 5.56 Å². The molecular weight excluding hydrogens is 200 g/mol. The van der Waals surface area contributed by atoms with Gasteiger partial charge in [-0.1, -0.05) is 17.7 Å². The summed E-state index contributed by atoms with van der Waals surface area (Å²) in [6, 6.07) is 5.74. The number of H-pyrrole nitrogens is 1. The van der Waals surface area contributed by atoms with E-state index in [0.717, 1.165) is 22.4 Å². The second kappa shape index (κ2) is 3.93. The Morgan fingerprint density at radius 3 is 2.25 bits per heavy atom. The van der Waals surface area contributed by atoms with E-state index in [0.29, 0.717) is 0 Å². The third kappa shape index (κ3) is 1.89. The zero-order chi connectivity index (χ0) is 11.7. The second-order valence-corrected chi connectivity index (χ2v) is 4.07. The third-order valence-electron chi connectivity index (χ3n) is 2.61. The van der Waals surface area contributed by atoms with Crippen molar-refractivity contribution in [1.82, 2.24) is 9.97 Å². The van der Waals surface area contributed by atoms with Gasteiger partial charge in [-0.2, -0.15) is 0 Å². The Bertz CT molecular complexity index is 561. The Balaban J connectivity index is 2.69. The monoisotopic (exact) mass is 214 g/mol. The molecule has 2 aromatic rings. The second-order valence-electron chi connectivity index (χ2n) is 4.07. The molecule has 0 amide bonds. The summed E-state index contributed by atoms with van der Waals surface area (Å²) in [7, 11) is 0. The molecule has 2 rings (SSSR count). The molecule has 0 bridgehead atoms. The number of aromatic amines is 1. The molecule has 16 heavy (non-hydrogen) atoms. The van der Waals surface area contributed by atoms with Crippen molar-refractivity contribution in [2.45, 2.75) is 20.8 Å². The van der Waals surface area contributed by atoms with Crippen molar-refractivity contribution in [2.75, 3.05) is 0 Å². The molecule has 0 atom stereocenters. The van der Waals surface area contributed by atoms with E-state index in [2.05, 4.69) is 29.0 Å². The number of aromatic nitrogens is 2. The fourth-order valence-electron chi connectivity index (χ4n) is 2.09. The Hall–Kier alpha value is -1.90. The first kappa shape index (κ1) is 10.6. The number of hydrogen-bond acceptors (Lipinski definition) is 2. The topological polar surface area (TPSA) is 45.8 Å². The third-order valence-corrected chi connectivity index (χ3v) is 2.61. The van der Waals surface area contributed by atoms with Crippen LogP contribution in [-0.4, -0.2) is 9.97 Å². The largest absolute Gasteiger partial charge is 0.313 e. The maximum absolute atomic E-state index is 11.3. The Morgan fingerprint density at radius 1 is 1.06 bits per heavy atom. The molecule has 3 nitrogen and oxygen atoms in total. The summed E-state index contributed by atoms with van der Waals surface area (Å²) in [6.07, 6.45) is 1.44. The van der Waals surface area contributed by atoms with E-state index in [1.165, 1.54) is 18.0 Å². The van der Waals surface area contributed by atoms with Crippen LogP contribution < -0.4 is 5.56 Å². The number of aryl methyl sites for hydroxylation is 3. The summed E-state index contributed by atoms with van der Waals surface area (Å²) in [5, 5.41) is 0. The van der Waals surface area contributed by atoms with Crippen LogP contribution >= 0.6 is 0 Å². The number of hydrogen-bond donors (Lipinski definition) is 1. The highest BCUT2D eigenvalue weighted by molar-refractivity contribution is 5.67. The molecule has 1 aromatic carbocycles. The lowest BCUT2D eigenvalue weighted by atomic mass is 9.97. The highest BCUT2D eigenvalue weighted by Crippen LogP contribution is 2.25. The summed E-state index contributed by atoms with van der Waals surface area (Å²) in [5.41, 5.74) is 5.19. The fourth-order valence-corrected chi connectivity index (χ4v) is 2.09. The summed E-state index contributed by atoms with van der Waals surface area (Å²) in [4.78, 5) is 18.0. The summed E-state index contributed by atoms with van der Waals surface area (Å²) < 4.78 is 0. The fraction of sp³-hybridized carbons (Fsp3) is 0.231. The van der Waals surface area contributed by atoms with Crippen LogP contribution in [0.3, 0.4) is 0 Å². The van der Waals surface area contributed by atoms with Crippen LogP contribution in [-0.2, 0) is 0 Å². The predicted molar refractivity (Wildman–Crippen MR) is 64.5 cm³/mol. The normalized spacial score (nSPS) is 10.4. The lowest BCUT2D eigenvalue weighted by Crippen LogP contribution is -2.05. The first-order valence-electron chi connectivity index (χ1n) is 5.21. The van der Waals surface area contributed by atoms with Gasteiger partial charge >= 0.3 is 0 Å². The quantitative estimate of drug-likeness (QED) is 0.792. The first-order chi connectivity index (χ1) is 7.58. The summed E-state index contributed by atoms with van der Waals surface area (Å²) in [6.45, 7) is 6.14. The minimum Gasteiger partial charge on any atom is -0.313 e. The van der Waals surface area contributed by atoms with Gasteiger partial charge in [0.1, 0.15) is 0 Å². The van der Waals surface area contributed by atoms with Gasteiger partial charge in [0.15, 0.2) is 0 Å². The minimum absolute atomic E-state index is 0.121. The molecule has 0 unspecified atom stereocenters. The van der Waals surface area contributed by atoms with Gasteiger partial charge in [-0.05, 0) is 31.9 Å². The number of rotatable bonds is 1. The van der Waals surface area contributed by atoms with Gasteiger partial charge in [0.2, 0.25) is 0 Å². The van der Waals surface area contributed by atoms with Crippen molar-refractivity contribution >= 4 is 0 Å². The lowest BCUT2D eigenvalue weighted by Gasteiger charge is -2.09. The van der Waals surface area contributed by atoms with E-state index in [1.54, 1.807) is 0 Å². The average molecular weight is 214 g/mol. The highest BCUT2D eigenvalue weighted by atomic mass is 16.1. The Kier molecular flexibility index (Phi) is 2.60. The maximum atomic E-state index is 11.3. The van der Waals surface area contributed by atoms with Gasteiger partial charge in [-0.15, -0.1) is 0 Å². The van der Waals surface area contributed by atoms with Crippen molar-refractivity contribution < 1.29 is 0 Å². The van der Waals surface area contributed by atoms with Gasteiger partial charge in [0, 0.05) is 11.6 Å². The molecule has 0 aliphatic rings. The van der Waals surface area contributed by atoms with Crippen LogP contribution in [0.4, 0.5) is 0 Å². The average Bonchev–Trinajstić information content (AvgIpc) is 2.15. The van der Waals surface area contributed by atoms with E-state index in [4.69, 9.17) is 0 Å². The van der Waals surface area contributed by atoms with Crippen LogP contribution in [0.2, 0.25) is 0 Å². The number of nitrogens with zero attached hydrogens (tertiary/aromatic N) is 1. The smallest absolute Gasteiger partial charge is 0.251 e. The van der Waals surface area contributed by atoms with Gasteiger partial charge in [-0.3, -0.25) is 4.79 Å². The van der Waals surface area contributed by atoms with Gasteiger partial charge in [-0.25, -0.2) is 4.98 Å². The summed E-state index contributed by atoms with van der Waals surface area (Å²) in [5.74, 6) is 0. The van der Waals surface area contributed by atoms with E-state index >= 15 is 0 Å². The predicted octanol–water partition coefficient (Wildman–Crippen LogP) is 2.36. The van der Waals surface area contributed by atoms with Crippen LogP contribution in [0.1, 0.15) is 16.7 Å². The molecule has 0 radical (unpaired) electrons. The molecular formula is C13H14N2O. The zero-order valence-electron chi connectivity index (χ0n) is 9.66. The molecule has 0 fully saturated rings. The molecule has 0 saturated heterocycles. The van der Waals surface area contributed by atoms with Crippen LogP contribution in [0, 0.1) is 20.8 Å². The number of benzene rings is 1. The molecule has 3 heteroatoms. The van der Waals surface area contributed by atoms with Crippen molar-refractivity contribution in [1.29, 1.82) is 0 Å². The molecule has 0 aliphatic heterocycles. The molecule has 1 heterocycles. The molecule has 0 aliphatic carbocycles. The summed E-state index contributed by atoms with van der Waals surface area (Å²) >= 11 is 0. The van der Waals surface area contributed by atoms with E-state index < -0.39 is 0 Å². The Labute approximate surface area is 94.2 Å². The van der Waals surface area contributed by atoms with Gasteiger partial charge < -0.3 is 4.98 Å². The lowest BCUT2D eigenvalue weighted by molar-refractivity contribution is 1.11. The van der Waals surface area contributed by atoms with Crippen LogP contribution in [0.25, 0.3) is 11.3 Å². The van der Waals surface area contributed by atoms with Crippen molar-refractivity contribution in [2.24, 2.45) is 0 Å². The van der Waals surface area contributed by atoms with E-state index in [-0.39, 0.29) is 5.56 Å². The van der Waals surface area contributed by atoms with Gasteiger partial charge in [0.05, 0.1) is 12.0 Å². The van der Waals surface area contributed by atoms with Crippen molar-refractivity contribution in [3.8, 4) is 11.3 Å². The van der Waals surface area contributed by atoms with E-state index in [9.17, 15) is 4.79 Å². The van der Waals surface area contributed by atoms with Crippen molar-refractivity contribution in [3.63, 3.8) is 0 Å². The molecule has 0 spiro atoms. The Morgan fingerprint density at radius 2 is 1.69 bits per heavy atom. The minimum atomic E-state index is -0.121. The van der Waals surface area contributed by atoms with E-state index in [1.807, 2.05) is 13.8 Å². The number of nitrogens with one attached hydrogen (secondary N) is 1. The molecule has 1 N–H and O–H groups in total. The maximum Gasteiger partial charge on any atom is 0.251 e. The zero-order valence-corrected chi connectivity index (χ0v) is 9.66. The van der Waals surface area contributed by atoms with Crippen LogP contribution in [0.5, 0.6) is 0 Å². The molecule has 0 saturated carbocycles. The SMILES string of the molecule is Cc1cc(C)c(-c2cc(=O)[nH]cn2)c(C)c1.